The highest BCUT2D eigenvalue weighted by atomic mass is 79.9. The van der Waals surface area contributed by atoms with Gasteiger partial charge in [0.15, 0.2) is 0 Å². The summed E-state index contributed by atoms with van der Waals surface area (Å²) in [4.78, 5) is 0. The van der Waals surface area contributed by atoms with Crippen LogP contribution in [-0.4, -0.2) is 0 Å². The van der Waals surface area contributed by atoms with Crippen LogP contribution >= 0.6 is 15.9 Å². The molecule has 0 fully saturated rings. The summed E-state index contributed by atoms with van der Waals surface area (Å²) in [6.07, 6.45) is 5.63. The van der Waals surface area contributed by atoms with Crippen molar-refractivity contribution in [1.29, 1.82) is 0 Å². The monoisotopic (exact) mass is 284 g/mol. The molecule has 1 heteroatoms. The highest BCUT2D eigenvalue weighted by Crippen LogP contribution is 2.35. The quantitative estimate of drug-likeness (QED) is 0.667. The van der Waals surface area contributed by atoms with Gasteiger partial charge in [-0.15, -0.1) is 0 Å². The molecule has 0 aliphatic heterocycles. The van der Waals surface area contributed by atoms with E-state index in [-0.39, 0.29) is 0 Å². The van der Waals surface area contributed by atoms with Gasteiger partial charge in [-0.25, -0.2) is 0 Å². The summed E-state index contributed by atoms with van der Waals surface area (Å²) in [7, 11) is 0. The predicted octanol–water partition coefficient (Wildman–Crippen LogP) is 4.69. The van der Waals surface area contributed by atoms with Crippen molar-refractivity contribution in [2.24, 2.45) is 0 Å². The number of hydrogen-bond acceptors (Lipinski definition) is 0. The van der Waals surface area contributed by atoms with Gasteiger partial charge >= 0.3 is 0 Å². The van der Waals surface area contributed by atoms with Crippen LogP contribution in [0.2, 0.25) is 0 Å². The summed E-state index contributed by atoms with van der Waals surface area (Å²) in [5.74, 6) is 0.385. The molecule has 17 heavy (non-hydrogen) atoms. The Labute approximate surface area is 110 Å². The van der Waals surface area contributed by atoms with Crippen LogP contribution in [0.4, 0.5) is 0 Å². The first-order valence-corrected chi connectivity index (χ1v) is 6.64. The number of rotatable bonds is 1. The number of fused-ring (bicyclic) bond motifs is 1. The van der Waals surface area contributed by atoms with E-state index < -0.39 is 0 Å². The number of allylic oxidation sites excluding steroid dienone is 2. The Bertz CT molecular complexity index is 569. The van der Waals surface area contributed by atoms with Gasteiger partial charge in [-0.1, -0.05) is 70.5 Å². The Morgan fingerprint density at radius 3 is 2.41 bits per heavy atom. The molecule has 0 radical (unpaired) electrons. The van der Waals surface area contributed by atoms with Crippen LogP contribution in [0.3, 0.4) is 0 Å². The molecule has 84 valence electrons. The Morgan fingerprint density at radius 2 is 1.59 bits per heavy atom. The summed E-state index contributed by atoms with van der Waals surface area (Å²) in [5.41, 5.74) is 4.22. The molecule has 0 heterocycles. The second kappa shape index (κ2) is 4.50. The van der Waals surface area contributed by atoms with Crippen molar-refractivity contribution in [2.75, 3.05) is 0 Å². The van der Waals surface area contributed by atoms with Gasteiger partial charge in [-0.2, -0.15) is 0 Å². The third-order valence-corrected chi connectivity index (χ3v) is 4.02. The van der Waals surface area contributed by atoms with Gasteiger partial charge in [-0.3, -0.25) is 0 Å². The maximum Gasteiger partial charge on any atom is 0.0283 e. The van der Waals surface area contributed by atoms with Crippen molar-refractivity contribution >= 4 is 15.9 Å². The molecule has 1 aliphatic rings. The van der Waals surface area contributed by atoms with Gasteiger partial charge in [0.05, 0.1) is 0 Å². The number of halogens is 1. The van der Waals surface area contributed by atoms with E-state index in [1.54, 1.807) is 0 Å². The minimum absolute atomic E-state index is 0.385. The van der Waals surface area contributed by atoms with E-state index in [0.717, 1.165) is 6.42 Å². The normalized spacial score (nSPS) is 17.8. The first kappa shape index (κ1) is 10.8. The molecule has 2 aromatic rings. The highest BCUT2D eigenvalue weighted by Gasteiger charge is 2.18. The SMILES string of the molecule is Brc1ccccc1C1C=CCc2ccccc21. The van der Waals surface area contributed by atoms with Crippen molar-refractivity contribution in [1.82, 2.24) is 0 Å². The van der Waals surface area contributed by atoms with Gasteiger partial charge < -0.3 is 0 Å². The fraction of sp³-hybridized carbons (Fsp3) is 0.125. The van der Waals surface area contributed by atoms with Gasteiger partial charge in [0.25, 0.3) is 0 Å². The lowest BCUT2D eigenvalue weighted by molar-refractivity contribution is 0.948. The van der Waals surface area contributed by atoms with E-state index >= 15 is 0 Å². The van der Waals surface area contributed by atoms with E-state index in [2.05, 4.69) is 76.6 Å². The van der Waals surface area contributed by atoms with Crippen LogP contribution in [0.5, 0.6) is 0 Å². The zero-order chi connectivity index (χ0) is 11.7. The smallest absolute Gasteiger partial charge is 0.0283 e. The molecule has 0 amide bonds. The molecular weight excluding hydrogens is 272 g/mol. The molecule has 3 rings (SSSR count). The van der Waals surface area contributed by atoms with Crippen LogP contribution in [0, 0.1) is 0 Å². The lowest BCUT2D eigenvalue weighted by atomic mass is 9.83. The fourth-order valence-corrected chi connectivity index (χ4v) is 2.99. The van der Waals surface area contributed by atoms with Crippen molar-refractivity contribution < 1.29 is 0 Å². The van der Waals surface area contributed by atoms with Crippen LogP contribution < -0.4 is 0 Å². The molecule has 0 saturated carbocycles. The first-order valence-electron chi connectivity index (χ1n) is 5.85. The zero-order valence-corrected chi connectivity index (χ0v) is 11.0. The fourth-order valence-electron chi connectivity index (χ4n) is 2.46. The Morgan fingerprint density at radius 1 is 0.882 bits per heavy atom. The third kappa shape index (κ3) is 1.96. The van der Waals surface area contributed by atoms with E-state index in [1.807, 2.05) is 0 Å². The molecule has 0 bridgehead atoms. The van der Waals surface area contributed by atoms with Crippen LogP contribution in [0.25, 0.3) is 0 Å². The lowest BCUT2D eigenvalue weighted by Crippen LogP contribution is -2.06. The molecule has 0 nitrogen and oxygen atoms in total. The van der Waals surface area contributed by atoms with Gasteiger partial charge in [0.2, 0.25) is 0 Å². The molecule has 0 saturated heterocycles. The van der Waals surface area contributed by atoms with E-state index in [9.17, 15) is 0 Å². The first-order chi connectivity index (χ1) is 8.36. The Balaban J connectivity index is 2.13. The maximum atomic E-state index is 3.65. The number of benzene rings is 2. The largest absolute Gasteiger partial charge is 0.0832 e. The standard InChI is InChI=1S/C16H13Br/c17-16-11-4-3-9-15(16)14-10-5-7-12-6-1-2-8-13(12)14/h1-6,8-11,14H,7H2. The molecule has 1 unspecified atom stereocenters. The van der Waals surface area contributed by atoms with Crippen molar-refractivity contribution in [2.45, 2.75) is 12.3 Å². The molecule has 1 aliphatic carbocycles. The Kier molecular flexibility index (Phi) is 2.86. The summed E-state index contributed by atoms with van der Waals surface area (Å²) in [6, 6.07) is 17.2. The summed E-state index contributed by atoms with van der Waals surface area (Å²) in [5, 5.41) is 0. The van der Waals surface area contributed by atoms with Crippen molar-refractivity contribution in [3.05, 3.63) is 81.8 Å². The highest BCUT2D eigenvalue weighted by molar-refractivity contribution is 9.10. The summed E-state index contributed by atoms with van der Waals surface area (Å²) >= 11 is 3.65. The molecule has 0 aromatic heterocycles. The van der Waals surface area contributed by atoms with E-state index in [4.69, 9.17) is 0 Å². The van der Waals surface area contributed by atoms with Crippen molar-refractivity contribution in [3.63, 3.8) is 0 Å². The second-order valence-corrected chi connectivity index (χ2v) is 5.18. The molecule has 1 atom stereocenters. The average Bonchev–Trinajstić information content (AvgIpc) is 2.39. The molecule has 0 spiro atoms. The number of hydrogen-bond donors (Lipinski definition) is 0. The van der Waals surface area contributed by atoms with Crippen molar-refractivity contribution in [3.8, 4) is 0 Å². The van der Waals surface area contributed by atoms with Gasteiger partial charge in [-0.05, 0) is 29.2 Å². The maximum absolute atomic E-state index is 3.65. The molecule has 2 aromatic carbocycles. The third-order valence-electron chi connectivity index (χ3n) is 3.30. The topological polar surface area (TPSA) is 0 Å². The van der Waals surface area contributed by atoms with E-state index in [1.165, 1.54) is 21.2 Å². The van der Waals surface area contributed by atoms with Crippen LogP contribution in [0.1, 0.15) is 22.6 Å². The zero-order valence-electron chi connectivity index (χ0n) is 9.44. The Hall–Kier alpha value is -1.34. The summed E-state index contributed by atoms with van der Waals surface area (Å²) < 4.78 is 1.19. The molecular formula is C16H13Br. The molecule has 0 N–H and O–H groups in total. The predicted molar refractivity (Wildman–Crippen MR) is 75.3 cm³/mol. The van der Waals surface area contributed by atoms with Gasteiger partial charge in [0.1, 0.15) is 0 Å². The average molecular weight is 285 g/mol. The second-order valence-electron chi connectivity index (χ2n) is 4.33. The lowest BCUT2D eigenvalue weighted by Gasteiger charge is -2.22. The van der Waals surface area contributed by atoms with Crippen LogP contribution in [0.15, 0.2) is 65.2 Å². The van der Waals surface area contributed by atoms with Gasteiger partial charge in [0, 0.05) is 10.4 Å². The minimum atomic E-state index is 0.385. The van der Waals surface area contributed by atoms with Crippen LogP contribution in [-0.2, 0) is 6.42 Å². The minimum Gasteiger partial charge on any atom is -0.0832 e. The summed E-state index contributed by atoms with van der Waals surface area (Å²) in [6.45, 7) is 0. The van der Waals surface area contributed by atoms with E-state index in [0.29, 0.717) is 5.92 Å².